The molecule has 5 rings (SSSR count). The van der Waals surface area contributed by atoms with Gasteiger partial charge in [0.05, 0.1) is 10.9 Å². The van der Waals surface area contributed by atoms with E-state index in [1.807, 2.05) is 21.9 Å². The summed E-state index contributed by atoms with van der Waals surface area (Å²) >= 11 is 0. The zero-order valence-corrected chi connectivity index (χ0v) is 17.8. The van der Waals surface area contributed by atoms with Crippen LogP contribution in [0.5, 0.6) is 0 Å². The molecule has 3 fully saturated rings. The number of hydrogen-bond donors (Lipinski definition) is 0. The number of hydrogen-bond acceptors (Lipinski definition) is 6. The Balaban J connectivity index is 1.10. The number of amides is 2. The predicted octanol–water partition coefficient (Wildman–Crippen LogP) is 1.40. The molecule has 1 spiro atoms. The quantitative estimate of drug-likeness (QED) is 0.727. The average molecular weight is 431 g/mol. The molecule has 160 valence electrons. The van der Waals surface area contributed by atoms with Crippen LogP contribution in [0.25, 0.3) is 0 Å². The Hall–Kier alpha value is -2.49. The van der Waals surface area contributed by atoms with Crippen LogP contribution in [0.3, 0.4) is 0 Å². The van der Waals surface area contributed by atoms with Crippen molar-refractivity contribution in [2.75, 3.05) is 32.4 Å². The molecule has 9 nitrogen and oxygen atoms in total. The maximum absolute atomic E-state index is 12.8. The fourth-order valence-corrected chi connectivity index (χ4v) is 6.06. The van der Waals surface area contributed by atoms with Gasteiger partial charge in [0.15, 0.2) is 9.84 Å². The molecule has 0 bridgehead atoms. The molecule has 2 aliphatic heterocycles. The summed E-state index contributed by atoms with van der Waals surface area (Å²) in [5.74, 6) is 0.563. The number of rotatable bonds is 4. The second-order valence-electron chi connectivity index (χ2n) is 9.21. The first kappa shape index (κ1) is 19.5. The van der Waals surface area contributed by atoms with Gasteiger partial charge < -0.3 is 9.80 Å². The Kier molecular flexibility index (Phi) is 4.57. The smallest absolute Gasteiger partial charge is 0.320 e. The van der Waals surface area contributed by atoms with Crippen molar-refractivity contribution in [2.45, 2.75) is 36.6 Å². The first-order valence-electron chi connectivity index (χ1n) is 10.4. The van der Waals surface area contributed by atoms with Crippen LogP contribution in [0.2, 0.25) is 0 Å². The van der Waals surface area contributed by atoms with Crippen LogP contribution in [0.1, 0.15) is 30.9 Å². The summed E-state index contributed by atoms with van der Waals surface area (Å²) < 4.78 is 25.2. The van der Waals surface area contributed by atoms with Gasteiger partial charge in [0, 0.05) is 37.8 Å². The monoisotopic (exact) mass is 430 g/mol. The van der Waals surface area contributed by atoms with Gasteiger partial charge in [0.2, 0.25) is 0 Å². The Morgan fingerprint density at radius 1 is 1.23 bits per heavy atom. The van der Waals surface area contributed by atoms with Gasteiger partial charge >= 0.3 is 6.03 Å². The van der Waals surface area contributed by atoms with Crippen molar-refractivity contribution >= 4 is 15.9 Å². The van der Waals surface area contributed by atoms with Crippen molar-refractivity contribution in [3.63, 3.8) is 0 Å². The normalized spacial score (nSPS) is 23.4. The molecule has 3 heterocycles. The first-order valence-corrected chi connectivity index (χ1v) is 12.3. The fraction of sp³-hybridized carbons (Fsp3) is 0.600. The highest BCUT2D eigenvalue weighted by Crippen LogP contribution is 2.53. The van der Waals surface area contributed by atoms with E-state index in [1.54, 1.807) is 23.1 Å². The summed E-state index contributed by atoms with van der Waals surface area (Å²) in [5.41, 5.74) is 1.35. The molecule has 1 saturated carbocycles. The molecule has 0 N–H and O–H groups in total. The Morgan fingerprint density at radius 2 is 2.03 bits per heavy atom. The Labute approximate surface area is 176 Å². The number of urea groups is 1. The van der Waals surface area contributed by atoms with Gasteiger partial charge in [0.25, 0.3) is 0 Å². The van der Waals surface area contributed by atoms with E-state index in [4.69, 9.17) is 0 Å². The zero-order chi connectivity index (χ0) is 20.9. The minimum Gasteiger partial charge on any atom is -0.323 e. The van der Waals surface area contributed by atoms with E-state index in [0.717, 1.165) is 50.9 Å². The average Bonchev–Trinajstić information content (AvgIpc) is 3.32. The third-order valence-electron chi connectivity index (χ3n) is 6.79. The molecule has 0 radical (unpaired) electrons. The fourth-order valence-electron chi connectivity index (χ4n) is 5.37. The van der Waals surface area contributed by atoms with Gasteiger partial charge in [-0.2, -0.15) is 0 Å². The number of benzene rings is 1. The summed E-state index contributed by atoms with van der Waals surface area (Å²) in [6.45, 7) is 3.06. The number of nitrogens with zero attached hydrogens (tertiary/aromatic N) is 6. The van der Waals surface area contributed by atoms with E-state index >= 15 is 0 Å². The van der Waals surface area contributed by atoms with Crippen molar-refractivity contribution in [2.24, 2.45) is 11.3 Å². The summed E-state index contributed by atoms with van der Waals surface area (Å²) in [6, 6.07) is 7.56. The molecule has 1 aliphatic carbocycles. The lowest BCUT2D eigenvalue weighted by Gasteiger charge is -2.59. The molecule has 10 heteroatoms. The van der Waals surface area contributed by atoms with Gasteiger partial charge in [-0.1, -0.05) is 12.1 Å². The molecule has 2 amide bonds. The molecule has 1 aromatic carbocycles. The minimum atomic E-state index is -3.17. The van der Waals surface area contributed by atoms with Crippen LogP contribution in [0.15, 0.2) is 35.5 Å². The van der Waals surface area contributed by atoms with Gasteiger partial charge in [-0.15, -0.1) is 5.10 Å². The largest absolute Gasteiger partial charge is 0.323 e. The van der Waals surface area contributed by atoms with Crippen molar-refractivity contribution < 1.29 is 13.2 Å². The van der Waals surface area contributed by atoms with E-state index in [0.29, 0.717) is 17.4 Å². The number of tetrazole rings is 1. The van der Waals surface area contributed by atoms with Crippen LogP contribution in [-0.4, -0.2) is 76.9 Å². The summed E-state index contributed by atoms with van der Waals surface area (Å²) in [6.07, 6.45) is 6.84. The Bertz CT molecular complexity index is 1040. The number of carbonyl (C=O) groups excluding carboxylic acids is 1. The van der Waals surface area contributed by atoms with Crippen molar-refractivity contribution in [1.82, 2.24) is 30.0 Å². The second-order valence-corrected chi connectivity index (χ2v) is 11.2. The maximum Gasteiger partial charge on any atom is 0.320 e. The third-order valence-corrected chi connectivity index (χ3v) is 7.90. The highest BCUT2D eigenvalue weighted by molar-refractivity contribution is 7.90. The van der Waals surface area contributed by atoms with Gasteiger partial charge in [-0.05, 0) is 59.7 Å². The van der Waals surface area contributed by atoms with Crippen molar-refractivity contribution in [1.29, 1.82) is 0 Å². The zero-order valence-electron chi connectivity index (χ0n) is 17.0. The van der Waals surface area contributed by atoms with E-state index in [1.165, 1.54) is 6.26 Å². The number of sulfone groups is 1. The van der Waals surface area contributed by atoms with E-state index in [9.17, 15) is 13.2 Å². The maximum atomic E-state index is 12.8. The van der Waals surface area contributed by atoms with Gasteiger partial charge in [0.1, 0.15) is 6.33 Å². The minimum absolute atomic E-state index is 0.125. The standard InChI is InChI=1S/C20H26N6O3S/c1-30(28,29)18-4-2-3-15(8-18)7-16-9-20(10-16)12-25(13-20)19(27)24-6-5-17(11-24)26-14-21-22-23-26/h2-4,8,14,16-17H,5-7,9-13H2,1H3/t17-/m0/s1. The van der Waals surface area contributed by atoms with Gasteiger partial charge in [-0.25, -0.2) is 17.9 Å². The molecule has 3 aliphatic rings. The van der Waals surface area contributed by atoms with Crippen LogP contribution in [0, 0.1) is 11.3 Å². The number of likely N-dealkylation sites (tertiary alicyclic amines) is 2. The second kappa shape index (κ2) is 7.04. The molecule has 2 saturated heterocycles. The van der Waals surface area contributed by atoms with E-state index < -0.39 is 9.84 Å². The number of carbonyl (C=O) groups is 1. The summed E-state index contributed by atoms with van der Waals surface area (Å²) in [7, 11) is -3.17. The third kappa shape index (κ3) is 3.57. The summed E-state index contributed by atoms with van der Waals surface area (Å²) in [4.78, 5) is 17.1. The van der Waals surface area contributed by atoms with Crippen molar-refractivity contribution in [3.8, 4) is 0 Å². The van der Waals surface area contributed by atoms with Crippen molar-refractivity contribution in [3.05, 3.63) is 36.2 Å². The summed E-state index contributed by atoms with van der Waals surface area (Å²) in [5, 5.41) is 11.3. The lowest BCUT2D eigenvalue weighted by atomic mass is 9.56. The lowest BCUT2D eigenvalue weighted by Crippen LogP contribution is -2.65. The van der Waals surface area contributed by atoms with E-state index in [2.05, 4.69) is 15.5 Å². The first-order chi connectivity index (χ1) is 14.3. The molecule has 0 unspecified atom stereocenters. The van der Waals surface area contributed by atoms with Crippen LogP contribution >= 0.6 is 0 Å². The van der Waals surface area contributed by atoms with E-state index in [-0.39, 0.29) is 17.5 Å². The van der Waals surface area contributed by atoms with Gasteiger partial charge in [-0.3, -0.25) is 0 Å². The SMILES string of the molecule is CS(=O)(=O)c1cccc(CC2CC3(C2)CN(C(=O)N2CC[C@H](n4cnnn4)C2)C3)c1. The molecule has 1 aromatic heterocycles. The molecule has 2 aromatic rings. The molecular weight excluding hydrogens is 404 g/mol. The van der Waals surface area contributed by atoms with Crippen LogP contribution < -0.4 is 0 Å². The Morgan fingerprint density at radius 3 is 2.73 bits per heavy atom. The topological polar surface area (TPSA) is 101 Å². The highest BCUT2D eigenvalue weighted by Gasteiger charge is 2.54. The molecule has 1 atom stereocenters. The van der Waals surface area contributed by atoms with Crippen LogP contribution in [0.4, 0.5) is 4.79 Å². The van der Waals surface area contributed by atoms with Crippen LogP contribution in [-0.2, 0) is 16.3 Å². The lowest BCUT2D eigenvalue weighted by molar-refractivity contribution is -0.0754. The predicted molar refractivity (Wildman–Crippen MR) is 108 cm³/mol. The molecular formula is C20H26N6O3S. The highest BCUT2D eigenvalue weighted by atomic mass is 32.2. The molecule has 30 heavy (non-hydrogen) atoms. The number of aromatic nitrogens is 4.